The van der Waals surface area contributed by atoms with E-state index in [1.165, 1.54) is 29.0 Å². The van der Waals surface area contributed by atoms with Gasteiger partial charge in [-0.2, -0.15) is 22.1 Å². The van der Waals surface area contributed by atoms with Crippen molar-refractivity contribution in [3.05, 3.63) is 12.2 Å². The zero-order valence-electron chi connectivity index (χ0n) is 10.00. The van der Waals surface area contributed by atoms with E-state index in [0.717, 1.165) is 0 Å². The molecule has 8 nitrogen and oxygen atoms in total. The Balaban J connectivity index is 2.63. The average Bonchev–Trinajstić information content (AvgIpc) is 2.78. The van der Waals surface area contributed by atoms with E-state index in [0.29, 0.717) is 25.3 Å². The van der Waals surface area contributed by atoms with Gasteiger partial charge in [-0.15, -0.1) is 0 Å². The lowest BCUT2D eigenvalue weighted by Gasteiger charge is -2.23. The van der Waals surface area contributed by atoms with E-state index in [9.17, 15) is 8.42 Å². The molecule has 0 unspecified atom stereocenters. The fraction of sp³-hybridized carbons (Fsp3) is 0.750. The molecule has 1 heterocycles. The summed E-state index contributed by atoms with van der Waals surface area (Å²) in [5, 5.41) is 6.28. The average molecular weight is 262 g/mol. The Kier molecular flexibility index (Phi) is 5.00. The van der Waals surface area contributed by atoms with Crippen LogP contribution < -0.4 is 5.73 Å². The molecule has 98 valence electrons. The smallest absolute Gasteiger partial charge is 0.281 e. The Morgan fingerprint density at radius 1 is 1.41 bits per heavy atom. The molecule has 3 N–H and O–H groups in total. The van der Waals surface area contributed by atoms with Gasteiger partial charge in [0.1, 0.15) is 12.2 Å². The molecule has 0 radical (unpaired) electrons. The van der Waals surface area contributed by atoms with Crippen LogP contribution in [-0.2, 0) is 16.8 Å². The van der Waals surface area contributed by atoms with Crippen molar-refractivity contribution < 1.29 is 8.42 Å². The maximum absolute atomic E-state index is 12.0. The summed E-state index contributed by atoms with van der Waals surface area (Å²) in [5.41, 5.74) is 5.35. The topological polar surface area (TPSA) is 108 Å². The maximum Gasteiger partial charge on any atom is 0.281 e. The van der Waals surface area contributed by atoms with Crippen LogP contribution >= 0.6 is 0 Å². The minimum atomic E-state index is -3.46. The number of hydrogen-bond donors (Lipinski definition) is 2. The zero-order valence-corrected chi connectivity index (χ0v) is 10.8. The molecule has 1 aromatic rings. The molecule has 0 aliphatic rings. The Morgan fingerprint density at radius 2 is 2.12 bits per heavy atom. The highest BCUT2D eigenvalue weighted by atomic mass is 32.2. The van der Waals surface area contributed by atoms with E-state index in [4.69, 9.17) is 5.73 Å². The van der Waals surface area contributed by atoms with Crippen LogP contribution in [0.15, 0.2) is 6.33 Å². The van der Waals surface area contributed by atoms with Crippen molar-refractivity contribution in [1.82, 2.24) is 23.8 Å². The summed E-state index contributed by atoms with van der Waals surface area (Å²) in [7, 11) is -0.438. The number of nitrogens with one attached hydrogen (secondary N) is 1. The SMILES string of the molecule is CN(CCCN)S(=O)(=O)N(C)Cc1ncn[nH]1. The van der Waals surface area contributed by atoms with Crippen LogP contribution in [0.25, 0.3) is 0 Å². The number of aromatic nitrogens is 3. The molecule has 9 heteroatoms. The molecule has 0 aliphatic heterocycles. The number of nitrogens with two attached hydrogens (primary N) is 1. The van der Waals surface area contributed by atoms with Gasteiger partial charge in [0.25, 0.3) is 10.2 Å². The first-order valence-corrected chi connectivity index (χ1v) is 6.60. The standard InChI is InChI=1S/C8H18N6O2S/c1-13(5-3-4-9)17(15,16)14(2)6-8-10-7-11-12-8/h7H,3-6,9H2,1-2H3,(H,10,11,12). The van der Waals surface area contributed by atoms with Gasteiger partial charge in [-0.3, -0.25) is 5.10 Å². The van der Waals surface area contributed by atoms with Crippen LogP contribution in [0, 0.1) is 0 Å². The van der Waals surface area contributed by atoms with Crippen molar-refractivity contribution in [1.29, 1.82) is 0 Å². The molecule has 0 aromatic carbocycles. The quantitative estimate of drug-likeness (QED) is 0.639. The van der Waals surface area contributed by atoms with Gasteiger partial charge in [0.05, 0.1) is 6.54 Å². The second-order valence-electron chi connectivity index (χ2n) is 3.66. The Labute approximate surface area is 101 Å². The van der Waals surface area contributed by atoms with Gasteiger partial charge in [-0.1, -0.05) is 0 Å². The van der Waals surface area contributed by atoms with Crippen LogP contribution in [0.3, 0.4) is 0 Å². The number of H-pyrrole nitrogens is 1. The molecule has 1 aromatic heterocycles. The highest BCUT2D eigenvalue weighted by molar-refractivity contribution is 7.86. The molecule has 0 bridgehead atoms. The Morgan fingerprint density at radius 3 is 2.65 bits per heavy atom. The van der Waals surface area contributed by atoms with Crippen molar-refractivity contribution in [2.24, 2.45) is 5.73 Å². The van der Waals surface area contributed by atoms with Gasteiger partial charge in [0.15, 0.2) is 0 Å². The monoisotopic (exact) mass is 262 g/mol. The van der Waals surface area contributed by atoms with Gasteiger partial charge >= 0.3 is 0 Å². The Hall–Kier alpha value is -1.03. The lowest BCUT2D eigenvalue weighted by Crippen LogP contribution is -2.40. The Bertz CT molecular complexity index is 417. The van der Waals surface area contributed by atoms with Crippen LogP contribution in [0.4, 0.5) is 0 Å². The largest absolute Gasteiger partial charge is 0.330 e. The minimum Gasteiger partial charge on any atom is -0.330 e. The van der Waals surface area contributed by atoms with E-state index >= 15 is 0 Å². The van der Waals surface area contributed by atoms with E-state index < -0.39 is 10.2 Å². The molecule has 0 spiro atoms. The third-order valence-electron chi connectivity index (χ3n) is 2.30. The maximum atomic E-state index is 12.0. The van der Waals surface area contributed by atoms with Crippen LogP contribution in [0.1, 0.15) is 12.2 Å². The van der Waals surface area contributed by atoms with Crippen molar-refractivity contribution in [2.75, 3.05) is 27.2 Å². The molecular formula is C8H18N6O2S. The highest BCUT2D eigenvalue weighted by Gasteiger charge is 2.23. The second-order valence-corrected chi connectivity index (χ2v) is 5.80. The highest BCUT2D eigenvalue weighted by Crippen LogP contribution is 2.07. The van der Waals surface area contributed by atoms with Crippen molar-refractivity contribution in [2.45, 2.75) is 13.0 Å². The normalized spacial score (nSPS) is 12.5. The molecule has 0 saturated heterocycles. The molecule has 0 saturated carbocycles. The van der Waals surface area contributed by atoms with Gasteiger partial charge in [-0.05, 0) is 13.0 Å². The van der Waals surface area contributed by atoms with Crippen molar-refractivity contribution in [3.63, 3.8) is 0 Å². The fourth-order valence-electron chi connectivity index (χ4n) is 1.27. The second kappa shape index (κ2) is 6.05. The summed E-state index contributed by atoms with van der Waals surface area (Å²) in [5.74, 6) is 0.503. The van der Waals surface area contributed by atoms with Gasteiger partial charge in [0.2, 0.25) is 0 Å². The van der Waals surface area contributed by atoms with Gasteiger partial charge in [0, 0.05) is 20.6 Å². The van der Waals surface area contributed by atoms with Crippen molar-refractivity contribution >= 4 is 10.2 Å². The number of aromatic amines is 1. The molecule has 0 amide bonds. The van der Waals surface area contributed by atoms with Gasteiger partial charge < -0.3 is 5.73 Å². The molecule has 0 atom stereocenters. The van der Waals surface area contributed by atoms with E-state index in [-0.39, 0.29) is 6.54 Å². The predicted octanol–water partition coefficient (Wildman–Crippen LogP) is -1.24. The van der Waals surface area contributed by atoms with E-state index in [2.05, 4.69) is 15.2 Å². The van der Waals surface area contributed by atoms with E-state index in [1.54, 1.807) is 0 Å². The predicted molar refractivity (Wildman–Crippen MR) is 63.1 cm³/mol. The minimum absolute atomic E-state index is 0.162. The molecule has 1 rings (SSSR count). The third-order valence-corrected chi connectivity index (χ3v) is 4.19. The molecule has 0 aliphatic carbocycles. The molecule has 17 heavy (non-hydrogen) atoms. The summed E-state index contributed by atoms with van der Waals surface area (Å²) < 4.78 is 26.5. The molecule has 0 fully saturated rings. The van der Waals surface area contributed by atoms with E-state index in [1.807, 2.05) is 0 Å². The van der Waals surface area contributed by atoms with Crippen LogP contribution in [0.5, 0.6) is 0 Å². The van der Waals surface area contributed by atoms with Crippen molar-refractivity contribution in [3.8, 4) is 0 Å². The molecular weight excluding hydrogens is 244 g/mol. The number of hydrogen-bond acceptors (Lipinski definition) is 5. The summed E-state index contributed by atoms with van der Waals surface area (Å²) >= 11 is 0. The summed E-state index contributed by atoms with van der Waals surface area (Å²) in [6.45, 7) is 1.03. The first kappa shape index (κ1) is 14.0. The van der Waals surface area contributed by atoms with Crippen LogP contribution in [0.2, 0.25) is 0 Å². The summed E-state index contributed by atoms with van der Waals surface area (Å²) in [6, 6.07) is 0. The fourth-order valence-corrected chi connectivity index (χ4v) is 2.39. The van der Waals surface area contributed by atoms with Crippen LogP contribution in [-0.4, -0.2) is 59.4 Å². The first-order valence-electron chi connectivity index (χ1n) is 5.20. The lowest BCUT2D eigenvalue weighted by molar-refractivity contribution is 0.383. The first-order chi connectivity index (χ1) is 7.98. The summed E-state index contributed by atoms with van der Waals surface area (Å²) in [4.78, 5) is 3.88. The summed E-state index contributed by atoms with van der Waals surface area (Å²) in [6.07, 6.45) is 1.97. The lowest BCUT2D eigenvalue weighted by atomic mass is 10.4. The van der Waals surface area contributed by atoms with Gasteiger partial charge in [-0.25, -0.2) is 4.98 Å². The zero-order chi connectivity index (χ0) is 12.9. The number of rotatable bonds is 7. The third kappa shape index (κ3) is 3.73. The number of nitrogens with zero attached hydrogens (tertiary/aromatic N) is 4.